The smallest absolute Gasteiger partial charge is 0.273 e. The van der Waals surface area contributed by atoms with Crippen LogP contribution in [0, 0.1) is 0 Å². The zero-order chi connectivity index (χ0) is 11.8. The normalized spacial score (nSPS) is 25.8. The molecule has 16 heavy (non-hydrogen) atoms. The molecule has 6 heteroatoms. The van der Waals surface area contributed by atoms with Crippen molar-refractivity contribution in [3.63, 3.8) is 0 Å². The highest BCUT2D eigenvalue weighted by Crippen LogP contribution is 2.22. The van der Waals surface area contributed by atoms with Crippen LogP contribution >= 0.6 is 11.3 Å². The summed E-state index contributed by atoms with van der Waals surface area (Å²) < 4.78 is 0. The number of hydrogen-bond acceptors (Lipinski definition) is 5. The van der Waals surface area contributed by atoms with Crippen molar-refractivity contribution >= 4 is 22.4 Å². The van der Waals surface area contributed by atoms with Gasteiger partial charge in [0.15, 0.2) is 5.13 Å². The van der Waals surface area contributed by atoms with Gasteiger partial charge in [0.05, 0.1) is 5.60 Å². The quantitative estimate of drug-likeness (QED) is 0.759. The lowest BCUT2D eigenvalue weighted by molar-refractivity contribution is -0.0109. The molecule has 1 aliphatic heterocycles. The van der Waals surface area contributed by atoms with Crippen LogP contribution in [0.4, 0.5) is 5.13 Å². The molecule has 1 fully saturated rings. The Labute approximate surface area is 97.9 Å². The first-order valence-electron chi connectivity index (χ1n) is 5.21. The molecule has 3 N–H and O–H groups in total. The maximum atomic E-state index is 12.0. The van der Waals surface area contributed by atoms with Gasteiger partial charge >= 0.3 is 0 Å². The number of aliphatic hydroxyl groups is 1. The third-order valence-corrected chi connectivity index (χ3v) is 3.38. The van der Waals surface area contributed by atoms with E-state index in [1.54, 1.807) is 17.2 Å². The van der Waals surface area contributed by atoms with Crippen LogP contribution in [0.2, 0.25) is 0 Å². The third kappa shape index (κ3) is 2.33. The van der Waals surface area contributed by atoms with Crippen molar-refractivity contribution < 1.29 is 9.90 Å². The van der Waals surface area contributed by atoms with E-state index in [9.17, 15) is 9.90 Å². The zero-order valence-corrected chi connectivity index (χ0v) is 9.96. The molecule has 0 saturated carbocycles. The highest BCUT2D eigenvalue weighted by molar-refractivity contribution is 7.13. The molecule has 2 heterocycles. The highest BCUT2D eigenvalue weighted by atomic mass is 32.1. The summed E-state index contributed by atoms with van der Waals surface area (Å²) in [5, 5.41) is 12.0. The molecule has 1 atom stereocenters. The van der Waals surface area contributed by atoms with E-state index < -0.39 is 5.60 Å². The fourth-order valence-electron chi connectivity index (χ4n) is 1.94. The second-order valence-electron chi connectivity index (χ2n) is 4.40. The van der Waals surface area contributed by atoms with Crippen molar-refractivity contribution in [1.29, 1.82) is 0 Å². The van der Waals surface area contributed by atoms with Gasteiger partial charge in [-0.25, -0.2) is 4.98 Å². The Balaban J connectivity index is 2.10. The third-order valence-electron chi connectivity index (χ3n) is 2.70. The number of nitrogens with zero attached hydrogens (tertiary/aromatic N) is 2. The molecule has 1 saturated heterocycles. The minimum Gasteiger partial charge on any atom is -0.388 e. The number of piperidine rings is 1. The van der Waals surface area contributed by atoms with Crippen LogP contribution in [0.5, 0.6) is 0 Å². The van der Waals surface area contributed by atoms with Gasteiger partial charge in [-0.3, -0.25) is 4.79 Å². The summed E-state index contributed by atoms with van der Waals surface area (Å²) in [5.41, 5.74) is 5.08. The first-order chi connectivity index (χ1) is 7.48. The second-order valence-corrected chi connectivity index (χ2v) is 5.29. The van der Waals surface area contributed by atoms with Crippen LogP contribution in [0.25, 0.3) is 0 Å². The van der Waals surface area contributed by atoms with Gasteiger partial charge < -0.3 is 15.7 Å². The summed E-state index contributed by atoms with van der Waals surface area (Å²) in [7, 11) is 0. The van der Waals surface area contributed by atoms with Crippen LogP contribution < -0.4 is 5.73 Å². The molecule has 1 unspecified atom stereocenters. The number of amides is 1. The minimum absolute atomic E-state index is 0.145. The lowest BCUT2D eigenvalue weighted by atomic mass is 9.95. The monoisotopic (exact) mass is 241 g/mol. The van der Waals surface area contributed by atoms with E-state index in [-0.39, 0.29) is 5.91 Å². The van der Waals surface area contributed by atoms with Crippen LogP contribution in [-0.4, -0.2) is 39.6 Å². The van der Waals surface area contributed by atoms with E-state index in [1.807, 2.05) is 0 Å². The molecule has 0 aromatic carbocycles. The molecule has 0 aliphatic carbocycles. The number of likely N-dealkylation sites (tertiary alicyclic amines) is 1. The van der Waals surface area contributed by atoms with Crippen molar-refractivity contribution in [1.82, 2.24) is 9.88 Å². The predicted molar refractivity (Wildman–Crippen MR) is 62.3 cm³/mol. The molecule has 1 amide bonds. The molecule has 1 aliphatic rings. The van der Waals surface area contributed by atoms with Gasteiger partial charge in [0.1, 0.15) is 5.69 Å². The first kappa shape index (κ1) is 11.3. The fourth-order valence-corrected chi connectivity index (χ4v) is 2.48. The van der Waals surface area contributed by atoms with E-state index in [2.05, 4.69) is 4.98 Å². The molecule has 5 nitrogen and oxygen atoms in total. The Morgan fingerprint density at radius 2 is 2.50 bits per heavy atom. The molecular formula is C10H15N3O2S. The van der Waals surface area contributed by atoms with E-state index >= 15 is 0 Å². The lowest BCUT2D eigenvalue weighted by Gasteiger charge is -2.36. The number of aromatic nitrogens is 1. The number of nitrogen functional groups attached to an aromatic ring is 1. The number of carbonyl (C=O) groups excluding carboxylic acids is 1. The number of hydrogen-bond donors (Lipinski definition) is 2. The largest absolute Gasteiger partial charge is 0.388 e. The van der Waals surface area contributed by atoms with E-state index in [4.69, 9.17) is 5.73 Å². The second kappa shape index (κ2) is 4.03. The molecule has 0 radical (unpaired) electrons. The van der Waals surface area contributed by atoms with Crippen LogP contribution in [0.3, 0.4) is 0 Å². The molecule has 0 spiro atoms. The first-order valence-corrected chi connectivity index (χ1v) is 6.08. The number of β-amino-alcohol motifs (C(OH)–C–C–N with tert-alkyl or cyclic N) is 1. The average molecular weight is 241 g/mol. The van der Waals surface area contributed by atoms with Crippen molar-refractivity contribution in [2.75, 3.05) is 18.8 Å². The molecule has 1 aromatic rings. The van der Waals surface area contributed by atoms with Crippen LogP contribution in [-0.2, 0) is 0 Å². The Morgan fingerprint density at radius 1 is 1.75 bits per heavy atom. The van der Waals surface area contributed by atoms with E-state index in [0.717, 1.165) is 12.8 Å². The summed E-state index contributed by atoms with van der Waals surface area (Å²) in [6.45, 7) is 2.79. The number of carbonyl (C=O) groups is 1. The Morgan fingerprint density at radius 3 is 3.06 bits per heavy atom. The topological polar surface area (TPSA) is 79.5 Å². The van der Waals surface area contributed by atoms with Crippen LogP contribution in [0.15, 0.2) is 5.38 Å². The number of rotatable bonds is 1. The van der Waals surface area contributed by atoms with Crippen LogP contribution in [0.1, 0.15) is 30.3 Å². The maximum Gasteiger partial charge on any atom is 0.273 e. The zero-order valence-electron chi connectivity index (χ0n) is 9.14. The van der Waals surface area contributed by atoms with Crippen molar-refractivity contribution in [2.45, 2.75) is 25.4 Å². The van der Waals surface area contributed by atoms with Gasteiger partial charge in [-0.05, 0) is 19.8 Å². The summed E-state index contributed by atoms with van der Waals surface area (Å²) in [5.74, 6) is -0.145. The SMILES string of the molecule is CC1(O)CCCN(C(=O)c2csc(N)n2)C1. The molecule has 0 bridgehead atoms. The van der Waals surface area contributed by atoms with Crippen molar-refractivity contribution in [3.8, 4) is 0 Å². The lowest BCUT2D eigenvalue weighted by Crippen LogP contribution is -2.48. The van der Waals surface area contributed by atoms with Crippen molar-refractivity contribution in [2.24, 2.45) is 0 Å². The summed E-state index contributed by atoms with van der Waals surface area (Å²) in [6.07, 6.45) is 1.55. The number of thiazole rings is 1. The summed E-state index contributed by atoms with van der Waals surface area (Å²) in [4.78, 5) is 17.6. The molecule has 1 aromatic heterocycles. The Kier molecular flexibility index (Phi) is 2.86. The maximum absolute atomic E-state index is 12.0. The molecule has 88 valence electrons. The number of nitrogens with two attached hydrogens (primary N) is 1. The summed E-state index contributed by atoms with van der Waals surface area (Å²) >= 11 is 1.25. The van der Waals surface area contributed by atoms with E-state index in [0.29, 0.717) is 23.9 Å². The average Bonchev–Trinajstić information content (AvgIpc) is 2.62. The highest BCUT2D eigenvalue weighted by Gasteiger charge is 2.31. The van der Waals surface area contributed by atoms with Gasteiger partial charge in [0.2, 0.25) is 0 Å². The fraction of sp³-hybridized carbons (Fsp3) is 0.600. The van der Waals surface area contributed by atoms with Gasteiger partial charge in [0, 0.05) is 18.5 Å². The standard InChI is InChI=1S/C10H15N3O2S/c1-10(15)3-2-4-13(6-10)8(14)7-5-16-9(11)12-7/h5,15H,2-4,6H2,1H3,(H2,11,12). The van der Waals surface area contributed by atoms with Gasteiger partial charge in [-0.2, -0.15) is 0 Å². The minimum atomic E-state index is -0.782. The Bertz CT molecular complexity index is 403. The summed E-state index contributed by atoms with van der Waals surface area (Å²) in [6, 6.07) is 0. The van der Waals surface area contributed by atoms with Gasteiger partial charge in [-0.1, -0.05) is 0 Å². The molecular weight excluding hydrogens is 226 g/mol. The van der Waals surface area contributed by atoms with E-state index in [1.165, 1.54) is 11.3 Å². The number of anilines is 1. The molecule has 2 rings (SSSR count). The van der Waals surface area contributed by atoms with Gasteiger partial charge in [-0.15, -0.1) is 11.3 Å². The van der Waals surface area contributed by atoms with Crippen molar-refractivity contribution in [3.05, 3.63) is 11.1 Å². The predicted octanol–water partition coefficient (Wildman–Crippen LogP) is 0.712. The Hall–Kier alpha value is -1.14. The van der Waals surface area contributed by atoms with Gasteiger partial charge in [0.25, 0.3) is 5.91 Å².